The fraction of sp³-hybridized carbons (Fsp3) is 0.143. The third-order valence-corrected chi connectivity index (χ3v) is 1.64. The number of H-pyrrole nitrogens is 1. The van der Waals surface area contributed by atoms with Crippen LogP contribution in [-0.2, 0) is 0 Å². The molecule has 3 N–H and O–H groups in total. The Labute approximate surface area is 69.3 Å². The number of aromatic amines is 1. The van der Waals surface area contributed by atoms with E-state index in [-0.39, 0.29) is 0 Å². The Bertz CT molecular complexity index is 386. The largest absolute Gasteiger partial charge is 0.384 e. The minimum absolute atomic E-state index is 0.554. The van der Waals surface area contributed by atoms with E-state index < -0.39 is 0 Å². The van der Waals surface area contributed by atoms with Gasteiger partial charge in [0.15, 0.2) is 0 Å². The van der Waals surface area contributed by atoms with E-state index in [9.17, 15) is 0 Å². The van der Waals surface area contributed by atoms with Crippen LogP contribution in [0.3, 0.4) is 0 Å². The third-order valence-electron chi connectivity index (χ3n) is 1.64. The molecule has 0 aliphatic heterocycles. The smallest absolute Gasteiger partial charge is 0.214 e. The van der Waals surface area contributed by atoms with Crippen LogP contribution in [0.25, 0.3) is 5.95 Å². The summed E-state index contributed by atoms with van der Waals surface area (Å²) in [5.74, 6) is 2.13. The topological polar surface area (TPSA) is 72.5 Å². The molecule has 5 heteroatoms. The first kappa shape index (κ1) is 6.90. The van der Waals surface area contributed by atoms with E-state index in [1.165, 1.54) is 0 Å². The maximum atomic E-state index is 5.48. The first-order valence-corrected chi connectivity index (χ1v) is 3.58. The summed E-state index contributed by atoms with van der Waals surface area (Å²) >= 11 is 0. The average molecular weight is 163 g/mol. The van der Waals surface area contributed by atoms with Crippen LogP contribution in [0.4, 0.5) is 5.82 Å². The van der Waals surface area contributed by atoms with Crippen molar-refractivity contribution in [3.8, 4) is 5.95 Å². The number of nitrogens with one attached hydrogen (secondary N) is 1. The van der Waals surface area contributed by atoms with Crippen LogP contribution in [0, 0.1) is 6.92 Å². The van der Waals surface area contributed by atoms with Gasteiger partial charge in [-0.3, -0.25) is 4.57 Å². The molecule has 2 rings (SSSR count). The predicted octanol–water partition coefficient (Wildman–Crippen LogP) is 0.486. The minimum atomic E-state index is 0.554. The van der Waals surface area contributed by atoms with E-state index in [0.717, 1.165) is 5.82 Å². The summed E-state index contributed by atoms with van der Waals surface area (Å²) in [6.07, 6.45) is 5.12. The van der Waals surface area contributed by atoms with Crippen LogP contribution in [-0.4, -0.2) is 19.5 Å². The maximum Gasteiger partial charge on any atom is 0.214 e. The SMILES string of the molecule is Cc1nccn1-c1ncc(N)[nH]1. The normalized spacial score (nSPS) is 10.4. The van der Waals surface area contributed by atoms with E-state index in [2.05, 4.69) is 15.0 Å². The number of imidazole rings is 2. The van der Waals surface area contributed by atoms with Gasteiger partial charge in [-0.25, -0.2) is 9.97 Å². The van der Waals surface area contributed by atoms with Gasteiger partial charge < -0.3 is 10.7 Å². The minimum Gasteiger partial charge on any atom is -0.384 e. The maximum absolute atomic E-state index is 5.48. The third kappa shape index (κ3) is 0.952. The lowest BCUT2D eigenvalue weighted by Crippen LogP contribution is -1.97. The quantitative estimate of drug-likeness (QED) is 0.642. The highest BCUT2D eigenvalue weighted by Gasteiger charge is 2.02. The van der Waals surface area contributed by atoms with Crippen molar-refractivity contribution in [2.24, 2.45) is 0 Å². The molecule has 0 bridgehead atoms. The van der Waals surface area contributed by atoms with Gasteiger partial charge in [-0.05, 0) is 6.92 Å². The molecule has 62 valence electrons. The van der Waals surface area contributed by atoms with Crippen molar-refractivity contribution < 1.29 is 0 Å². The van der Waals surface area contributed by atoms with Crippen LogP contribution >= 0.6 is 0 Å². The summed E-state index contributed by atoms with van der Waals surface area (Å²) in [6, 6.07) is 0. The Hall–Kier alpha value is -1.78. The number of hydrogen-bond acceptors (Lipinski definition) is 3. The summed E-state index contributed by atoms with van der Waals surface area (Å²) in [5, 5.41) is 0. The molecule has 0 saturated carbocycles. The van der Waals surface area contributed by atoms with Gasteiger partial charge in [0.2, 0.25) is 5.95 Å². The van der Waals surface area contributed by atoms with Gasteiger partial charge in [-0.2, -0.15) is 0 Å². The first-order chi connectivity index (χ1) is 5.77. The Balaban J connectivity index is 2.50. The van der Waals surface area contributed by atoms with Gasteiger partial charge in [0, 0.05) is 12.4 Å². The summed E-state index contributed by atoms with van der Waals surface area (Å²) < 4.78 is 1.83. The second-order valence-corrected chi connectivity index (χ2v) is 2.51. The molecule has 5 nitrogen and oxygen atoms in total. The molecule has 0 aliphatic carbocycles. The molecule has 0 spiro atoms. The van der Waals surface area contributed by atoms with Crippen LogP contribution in [0.5, 0.6) is 0 Å². The van der Waals surface area contributed by atoms with Crippen LogP contribution in [0.1, 0.15) is 5.82 Å². The van der Waals surface area contributed by atoms with Gasteiger partial charge in [0.1, 0.15) is 11.6 Å². The summed E-state index contributed by atoms with van der Waals surface area (Å²) in [4.78, 5) is 11.0. The molecule has 12 heavy (non-hydrogen) atoms. The Kier molecular flexibility index (Phi) is 1.36. The summed E-state index contributed by atoms with van der Waals surface area (Å²) in [5.41, 5.74) is 5.48. The van der Waals surface area contributed by atoms with Crippen LogP contribution in [0.2, 0.25) is 0 Å². The number of rotatable bonds is 1. The molecule has 2 aromatic rings. The van der Waals surface area contributed by atoms with E-state index >= 15 is 0 Å². The zero-order chi connectivity index (χ0) is 8.55. The molecule has 0 aromatic carbocycles. The molecular formula is C7H9N5. The second kappa shape index (κ2) is 2.37. The van der Waals surface area contributed by atoms with Gasteiger partial charge in [-0.15, -0.1) is 0 Å². The van der Waals surface area contributed by atoms with Crippen molar-refractivity contribution in [2.45, 2.75) is 6.92 Å². The number of aromatic nitrogens is 4. The zero-order valence-electron chi connectivity index (χ0n) is 6.65. The van der Waals surface area contributed by atoms with Gasteiger partial charge in [0.25, 0.3) is 0 Å². The van der Waals surface area contributed by atoms with E-state index in [0.29, 0.717) is 11.8 Å². The standard InChI is InChI=1S/C7H9N5/c1-5-9-2-3-12(5)7-10-4-6(8)11-7/h2-4H,8H2,1H3,(H,10,11). The average Bonchev–Trinajstić information content (AvgIpc) is 2.58. The number of nitrogen functional groups attached to an aromatic ring is 1. The van der Waals surface area contributed by atoms with Gasteiger partial charge >= 0.3 is 0 Å². The van der Waals surface area contributed by atoms with E-state index in [1.54, 1.807) is 12.4 Å². The molecule has 2 aromatic heterocycles. The van der Waals surface area contributed by atoms with Crippen molar-refractivity contribution in [3.05, 3.63) is 24.4 Å². The second-order valence-electron chi connectivity index (χ2n) is 2.51. The Morgan fingerprint density at radius 2 is 2.33 bits per heavy atom. The van der Waals surface area contributed by atoms with E-state index in [1.807, 2.05) is 17.7 Å². The number of nitrogens with zero attached hydrogens (tertiary/aromatic N) is 3. The molecule has 0 radical (unpaired) electrons. The van der Waals surface area contributed by atoms with E-state index in [4.69, 9.17) is 5.73 Å². The molecule has 0 saturated heterocycles. The Morgan fingerprint density at radius 1 is 1.50 bits per heavy atom. The highest BCUT2D eigenvalue weighted by atomic mass is 15.2. The van der Waals surface area contributed by atoms with Crippen molar-refractivity contribution in [1.29, 1.82) is 0 Å². The fourth-order valence-electron chi connectivity index (χ4n) is 1.05. The van der Waals surface area contributed by atoms with Crippen LogP contribution < -0.4 is 5.73 Å². The first-order valence-electron chi connectivity index (χ1n) is 3.58. The molecule has 0 fully saturated rings. The number of anilines is 1. The number of aryl methyl sites for hydroxylation is 1. The van der Waals surface area contributed by atoms with Crippen molar-refractivity contribution >= 4 is 5.82 Å². The monoisotopic (exact) mass is 163 g/mol. The van der Waals surface area contributed by atoms with Crippen molar-refractivity contribution in [3.63, 3.8) is 0 Å². The lowest BCUT2D eigenvalue weighted by Gasteiger charge is -1.97. The zero-order valence-corrected chi connectivity index (χ0v) is 6.65. The summed E-state index contributed by atoms with van der Waals surface area (Å²) in [6.45, 7) is 1.90. The van der Waals surface area contributed by atoms with Crippen molar-refractivity contribution in [1.82, 2.24) is 19.5 Å². The highest BCUT2D eigenvalue weighted by molar-refractivity contribution is 5.30. The van der Waals surface area contributed by atoms with Gasteiger partial charge in [-0.1, -0.05) is 0 Å². The molecule has 2 heterocycles. The molecule has 0 atom stereocenters. The van der Waals surface area contributed by atoms with Gasteiger partial charge in [0.05, 0.1) is 6.20 Å². The highest BCUT2D eigenvalue weighted by Crippen LogP contribution is 2.06. The molecule has 0 aliphatic rings. The Morgan fingerprint density at radius 3 is 2.83 bits per heavy atom. The number of nitrogens with two attached hydrogens (primary N) is 1. The predicted molar refractivity (Wildman–Crippen MR) is 44.9 cm³/mol. The van der Waals surface area contributed by atoms with Crippen molar-refractivity contribution in [2.75, 3.05) is 5.73 Å². The molecule has 0 unspecified atom stereocenters. The lowest BCUT2D eigenvalue weighted by molar-refractivity contribution is 0.908. The van der Waals surface area contributed by atoms with Crippen LogP contribution in [0.15, 0.2) is 18.6 Å². The molecular weight excluding hydrogens is 154 g/mol. The fourth-order valence-corrected chi connectivity index (χ4v) is 1.05. The molecule has 0 amide bonds. The lowest BCUT2D eigenvalue weighted by atomic mass is 10.7. The number of hydrogen-bond donors (Lipinski definition) is 2. The summed E-state index contributed by atoms with van der Waals surface area (Å²) in [7, 11) is 0.